The molecule has 1 atom stereocenters. The second-order valence-corrected chi connectivity index (χ2v) is 6.20. The maximum Gasteiger partial charge on any atom is 0.307 e. The van der Waals surface area contributed by atoms with E-state index in [1.165, 1.54) is 6.42 Å². The van der Waals surface area contributed by atoms with Gasteiger partial charge in [-0.25, -0.2) is 0 Å². The topological polar surface area (TPSA) is 64.4 Å². The van der Waals surface area contributed by atoms with Gasteiger partial charge in [-0.3, -0.25) is 9.48 Å². The Kier molecular flexibility index (Phi) is 3.32. The van der Waals surface area contributed by atoms with Crippen LogP contribution in [0.25, 0.3) is 0 Å². The summed E-state index contributed by atoms with van der Waals surface area (Å²) in [5.74, 6) is -0.793. The van der Waals surface area contributed by atoms with Crippen molar-refractivity contribution in [1.82, 2.24) is 9.78 Å². The Labute approximate surface area is 118 Å². The quantitative estimate of drug-likeness (QED) is 0.922. The largest absolute Gasteiger partial charge is 0.481 e. The van der Waals surface area contributed by atoms with E-state index >= 15 is 0 Å². The lowest BCUT2D eigenvalue weighted by Crippen LogP contribution is -2.46. The van der Waals surface area contributed by atoms with Crippen LogP contribution in [0.4, 0.5) is 0 Å². The van der Waals surface area contributed by atoms with Crippen LogP contribution in [0.1, 0.15) is 55.1 Å². The molecule has 1 unspecified atom stereocenters. The third-order valence-corrected chi connectivity index (χ3v) is 4.88. The molecule has 0 bridgehead atoms. The van der Waals surface area contributed by atoms with Gasteiger partial charge >= 0.3 is 5.97 Å². The molecule has 1 aliphatic heterocycles. The molecule has 5 nitrogen and oxygen atoms in total. The molecule has 110 valence electrons. The Morgan fingerprint density at radius 3 is 2.85 bits per heavy atom. The average molecular weight is 278 g/mol. The van der Waals surface area contributed by atoms with Crippen molar-refractivity contribution in [2.45, 2.75) is 64.0 Å². The van der Waals surface area contributed by atoms with Gasteiger partial charge in [0.2, 0.25) is 0 Å². The van der Waals surface area contributed by atoms with Gasteiger partial charge in [-0.1, -0.05) is 0 Å². The third kappa shape index (κ3) is 2.24. The van der Waals surface area contributed by atoms with Gasteiger partial charge < -0.3 is 9.84 Å². The summed E-state index contributed by atoms with van der Waals surface area (Å²) >= 11 is 0. The molecule has 20 heavy (non-hydrogen) atoms. The van der Waals surface area contributed by atoms with E-state index in [0.717, 1.165) is 49.2 Å². The Balaban J connectivity index is 1.84. The Hall–Kier alpha value is -1.36. The number of carboxylic acids is 1. The molecule has 1 aliphatic carbocycles. The first-order valence-corrected chi connectivity index (χ1v) is 7.41. The fourth-order valence-corrected chi connectivity index (χ4v) is 3.59. The standard InChI is InChI=1S/C15H22N2O3/c1-10-13(8-14(18)19)11(2)17(16-10)12-4-7-20-15(9-12)5-3-6-15/h12H,3-9H2,1-2H3,(H,18,19). The van der Waals surface area contributed by atoms with Crippen LogP contribution < -0.4 is 0 Å². The van der Waals surface area contributed by atoms with Gasteiger partial charge in [0.1, 0.15) is 0 Å². The number of hydrogen-bond acceptors (Lipinski definition) is 3. The van der Waals surface area contributed by atoms with Gasteiger partial charge in [-0.15, -0.1) is 0 Å². The summed E-state index contributed by atoms with van der Waals surface area (Å²) in [6.07, 6.45) is 5.62. The van der Waals surface area contributed by atoms with Gasteiger partial charge in [-0.2, -0.15) is 5.10 Å². The summed E-state index contributed by atoms with van der Waals surface area (Å²) < 4.78 is 8.01. The van der Waals surface area contributed by atoms with E-state index in [1.54, 1.807) is 0 Å². The highest BCUT2D eigenvalue weighted by Gasteiger charge is 2.43. The Morgan fingerprint density at radius 1 is 1.50 bits per heavy atom. The molecule has 1 N–H and O–H groups in total. The van der Waals surface area contributed by atoms with E-state index < -0.39 is 5.97 Å². The number of rotatable bonds is 3. The number of carbonyl (C=O) groups is 1. The number of aromatic nitrogens is 2. The molecule has 0 amide bonds. The zero-order valence-electron chi connectivity index (χ0n) is 12.2. The summed E-state index contributed by atoms with van der Waals surface area (Å²) in [4.78, 5) is 11.0. The van der Waals surface area contributed by atoms with Crippen LogP contribution >= 0.6 is 0 Å². The number of hydrogen-bond donors (Lipinski definition) is 1. The number of carboxylic acid groups (broad SMARTS) is 1. The molecule has 0 aromatic carbocycles. The van der Waals surface area contributed by atoms with Crippen LogP contribution in [0.5, 0.6) is 0 Å². The normalized spacial score (nSPS) is 24.6. The van der Waals surface area contributed by atoms with Crippen LogP contribution in [0.15, 0.2) is 0 Å². The van der Waals surface area contributed by atoms with E-state index in [1.807, 2.05) is 13.8 Å². The molecule has 0 radical (unpaired) electrons. The molecule has 2 heterocycles. The van der Waals surface area contributed by atoms with Gasteiger partial charge in [-0.05, 0) is 46.0 Å². The summed E-state index contributed by atoms with van der Waals surface area (Å²) in [6, 6.07) is 0.352. The molecule has 2 aliphatic rings. The van der Waals surface area contributed by atoms with Crippen molar-refractivity contribution in [2.75, 3.05) is 6.61 Å². The lowest BCUT2D eigenvalue weighted by Gasteiger charge is -2.47. The Bertz CT molecular complexity index is 531. The van der Waals surface area contributed by atoms with Gasteiger partial charge in [0.05, 0.1) is 23.8 Å². The smallest absolute Gasteiger partial charge is 0.307 e. The highest BCUT2D eigenvalue weighted by molar-refractivity contribution is 5.70. The van der Waals surface area contributed by atoms with E-state index in [4.69, 9.17) is 9.84 Å². The van der Waals surface area contributed by atoms with Crippen LogP contribution in [0.2, 0.25) is 0 Å². The second-order valence-electron chi connectivity index (χ2n) is 6.20. The molecule has 2 fully saturated rings. The van der Waals surface area contributed by atoms with Crippen molar-refractivity contribution in [3.05, 3.63) is 17.0 Å². The summed E-state index contributed by atoms with van der Waals surface area (Å²) in [5.41, 5.74) is 2.80. The molecule has 1 aromatic rings. The van der Waals surface area contributed by atoms with Crippen molar-refractivity contribution in [3.63, 3.8) is 0 Å². The SMILES string of the molecule is Cc1nn(C2CCOC3(CCC3)C2)c(C)c1CC(=O)O. The Morgan fingerprint density at radius 2 is 2.25 bits per heavy atom. The molecular weight excluding hydrogens is 256 g/mol. The average Bonchev–Trinajstić information content (AvgIpc) is 2.65. The minimum absolute atomic E-state index is 0.0615. The molecule has 5 heteroatoms. The summed E-state index contributed by atoms with van der Waals surface area (Å²) in [7, 11) is 0. The minimum Gasteiger partial charge on any atom is -0.481 e. The first-order valence-electron chi connectivity index (χ1n) is 7.41. The molecule has 1 spiro atoms. The monoisotopic (exact) mass is 278 g/mol. The lowest BCUT2D eigenvalue weighted by atomic mass is 9.74. The van der Waals surface area contributed by atoms with Gasteiger partial charge in [0.25, 0.3) is 0 Å². The number of ether oxygens (including phenoxy) is 1. The zero-order valence-corrected chi connectivity index (χ0v) is 12.2. The molecule has 3 rings (SSSR count). The number of nitrogens with zero attached hydrogens (tertiary/aromatic N) is 2. The highest BCUT2D eigenvalue weighted by Crippen LogP contribution is 2.45. The predicted molar refractivity (Wildman–Crippen MR) is 73.8 cm³/mol. The molecule has 1 saturated heterocycles. The van der Waals surface area contributed by atoms with E-state index in [9.17, 15) is 4.79 Å². The van der Waals surface area contributed by atoms with Crippen molar-refractivity contribution in [2.24, 2.45) is 0 Å². The van der Waals surface area contributed by atoms with Gasteiger partial charge in [0.15, 0.2) is 0 Å². The van der Waals surface area contributed by atoms with Gasteiger partial charge in [0, 0.05) is 17.9 Å². The van der Waals surface area contributed by atoms with Crippen molar-refractivity contribution < 1.29 is 14.6 Å². The lowest BCUT2D eigenvalue weighted by molar-refractivity contribution is -0.141. The van der Waals surface area contributed by atoms with Crippen molar-refractivity contribution in [3.8, 4) is 0 Å². The second kappa shape index (κ2) is 4.88. The van der Waals surface area contributed by atoms with Crippen molar-refractivity contribution >= 4 is 5.97 Å². The molecular formula is C15H22N2O3. The van der Waals surface area contributed by atoms with E-state index in [0.29, 0.717) is 6.04 Å². The van der Waals surface area contributed by atoms with E-state index in [2.05, 4.69) is 9.78 Å². The number of aryl methyl sites for hydroxylation is 1. The van der Waals surface area contributed by atoms with Crippen LogP contribution in [0.3, 0.4) is 0 Å². The van der Waals surface area contributed by atoms with Crippen LogP contribution in [0, 0.1) is 13.8 Å². The number of aliphatic carboxylic acids is 1. The van der Waals surface area contributed by atoms with Crippen LogP contribution in [-0.2, 0) is 16.0 Å². The first kappa shape index (κ1) is 13.6. The maximum atomic E-state index is 11.0. The highest BCUT2D eigenvalue weighted by atomic mass is 16.5. The maximum absolute atomic E-state index is 11.0. The fourth-order valence-electron chi connectivity index (χ4n) is 3.59. The molecule has 1 saturated carbocycles. The van der Waals surface area contributed by atoms with Crippen molar-refractivity contribution in [1.29, 1.82) is 0 Å². The summed E-state index contributed by atoms with van der Waals surface area (Å²) in [6.45, 7) is 4.68. The van der Waals surface area contributed by atoms with E-state index in [-0.39, 0.29) is 12.0 Å². The van der Waals surface area contributed by atoms with Crippen LogP contribution in [-0.4, -0.2) is 33.1 Å². The predicted octanol–water partition coefficient (Wildman–Crippen LogP) is 2.40. The fraction of sp³-hybridized carbons (Fsp3) is 0.733. The summed E-state index contributed by atoms with van der Waals surface area (Å²) in [5, 5.41) is 13.6. The third-order valence-electron chi connectivity index (χ3n) is 4.88. The first-order chi connectivity index (χ1) is 9.51. The zero-order chi connectivity index (χ0) is 14.3. The molecule has 1 aromatic heterocycles. The minimum atomic E-state index is -0.793.